The number of hydrogen-bond acceptors (Lipinski definition) is 4. The van der Waals surface area contributed by atoms with Crippen LogP contribution in [0.15, 0.2) is 53.5 Å². The molecule has 1 aliphatic rings. The Kier molecular flexibility index (Phi) is 8.73. The summed E-state index contributed by atoms with van der Waals surface area (Å²) in [5.74, 6) is 1.93. The Hall–Kier alpha value is -2.80. The van der Waals surface area contributed by atoms with Crippen LogP contribution in [0.3, 0.4) is 0 Å². The summed E-state index contributed by atoms with van der Waals surface area (Å²) in [5, 5.41) is 6.69. The van der Waals surface area contributed by atoms with Crippen molar-refractivity contribution in [2.75, 3.05) is 40.0 Å². The minimum atomic E-state index is -0.224. The third-order valence-electron chi connectivity index (χ3n) is 5.74. The molecule has 174 valence electrons. The molecular weight excluding hydrogens is 409 g/mol. The van der Waals surface area contributed by atoms with E-state index in [1.807, 2.05) is 50.2 Å². The smallest absolute Gasteiger partial charge is 0.191 e. The number of rotatable bonds is 9. The Balaban J connectivity index is 1.66. The van der Waals surface area contributed by atoms with Crippen molar-refractivity contribution in [1.29, 1.82) is 0 Å². The highest BCUT2D eigenvalue weighted by molar-refractivity contribution is 5.79. The summed E-state index contributed by atoms with van der Waals surface area (Å²) in [4.78, 5) is 4.89. The topological polar surface area (TPSA) is 64.1 Å². The van der Waals surface area contributed by atoms with Gasteiger partial charge in [-0.15, -0.1) is 0 Å². The van der Waals surface area contributed by atoms with E-state index in [0.29, 0.717) is 37.8 Å². The predicted molar refractivity (Wildman–Crippen MR) is 125 cm³/mol. The molecule has 0 spiro atoms. The van der Waals surface area contributed by atoms with Crippen molar-refractivity contribution in [1.82, 2.24) is 10.6 Å². The van der Waals surface area contributed by atoms with Gasteiger partial charge in [-0.2, -0.15) is 0 Å². The van der Waals surface area contributed by atoms with Crippen LogP contribution in [-0.4, -0.2) is 52.0 Å². The number of aliphatic imine (C=N–C) groups is 1. The van der Waals surface area contributed by atoms with Crippen molar-refractivity contribution < 1.29 is 18.6 Å². The van der Waals surface area contributed by atoms with E-state index in [-0.39, 0.29) is 17.3 Å². The van der Waals surface area contributed by atoms with Gasteiger partial charge in [0, 0.05) is 25.2 Å². The first-order valence-electron chi connectivity index (χ1n) is 11.2. The van der Waals surface area contributed by atoms with Crippen molar-refractivity contribution in [3.05, 3.63) is 59.9 Å². The maximum absolute atomic E-state index is 13.5. The van der Waals surface area contributed by atoms with E-state index in [1.54, 1.807) is 7.11 Å². The quantitative estimate of drug-likeness (QED) is 0.455. The lowest BCUT2D eigenvalue weighted by Crippen LogP contribution is -2.43. The largest absolute Gasteiger partial charge is 0.493 e. The first-order chi connectivity index (χ1) is 15.6. The van der Waals surface area contributed by atoms with Crippen molar-refractivity contribution in [3.63, 3.8) is 0 Å². The van der Waals surface area contributed by atoms with Gasteiger partial charge < -0.3 is 24.8 Å². The molecule has 0 saturated carbocycles. The third kappa shape index (κ3) is 6.36. The molecule has 6 nitrogen and oxygen atoms in total. The molecule has 0 aromatic heterocycles. The molecule has 2 N–H and O–H groups in total. The minimum Gasteiger partial charge on any atom is -0.493 e. The monoisotopic (exact) mass is 443 g/mol. The Morgan fingerprint density at radius 1 is 1.09 bits per heavy atom. The lowest BCUT2D eigenvalue weighted by molar-refractivity contribution is 0.0531. The molecule has 0 amide bonds. The lowest BCUT2D eigenvalue weighted by atomic mass is 9.74. The van der Waals surface area contributed by atoms with Crippen molar-refractivity contribution >= 4 is 5.96 Å². The molecule has 1 aliphatic heterocycles. The van der Waals surface area contributed by atoms with E-state index in [1.165, 1.54) is 12.1 Å². The van der Waals surface area contributed by atoms with Crippen molar-refractivity contribution in [3.8, 4) is 11.5 Å². The molecule has 1 atom stereocenters. The fraction of sp³-hybridized carbons (Fsp3) is 0.480. The van der Waals surface area contributed by atoms with Gasteiger partial charge in [-0.25, -0.2) is 4.39 Å². The molecule has 0 aliphatic carbocycles. The molecule has 2 aromatic carbocycles. The van der Waals surface area contributed by atoms with E-state index in [0.717, 1.165) is 30.9 Å². The van der Waals surface area contributed by atoms with Crippen molar-refractivity contribution in [2.45, 2.75) is 38.2 Å². The Morgan fingerprint density at radius 3 is 2.44 bits per heavy atom. The Bertz CT molecular complexity index is 867. The summed E-state index contributed by atoms with van der Waals surface area (Å²) < 4.78 is 30.5. The van der Waals surface area contributed by atoms with E-state index in [9.17, 15) is 4.39 Å². The van der Waals surface area contributed by atoms with Gasteiger partial charge in [0.1, 0.15) is 11.9 Å². The second-order valence-electron chi connectivity index (χ2n) is 8.05. The molecule has 2 aromatic rings. The number of halogens is 1. The van der Waals surface area contributed by atoms with Gasteiger partial charge in [-0.05, 0) is 56.5 Å². The van der Waals surface area contributed by atoms with E-state index in [4.69, 9.17) is 19.2 Å². The number of hydrogen-bond donors (Lipinski definition) is 2. The van der Waals surface area contributed by atoms with Gasteiger partial charge in [0.15, 0.2) is 17.5 Å². The molecule has 1 fully saturated rings. The summed E-state index contributed by atoms with van der Waals surface area (Å²) in [6, 6.07) is 14.4. The second-order valence-corrected chi connectivity index (χ2v) is 8.05. The zero-order valence-electron chi connectivity index (χ0n) is 19.2. The SMILES string of the molecule is CCNC(=NCC1(c2ccc(F)cc2)CCOCC1)NCC(C)Oc1ccccc1OC. The third-order valence-corrected chi connectivity index (χ3v) is 5.74. The number of para-hydroxylation sites is 2. The van der Waals surface area contributed by atoms with Gasteiger partial charge in [-0.1, -0.05) is 24.3 Å². The molecule has 7 heteroatoms. The summed E-state index contributed by atoms with van der Waals surface area (Å²) >= 11 is 0. The zero-order chi connectivity index (χ0) is 22.8. The summed E-state index contributed by atoms with van der Waals surface area (Å²) in [5.41, 5.74) is 0.947. The summed E-state index contributed by atoms with van der Waals surface area (Å²) in [7, 11) is 1.63. The van der Waals surface area contributed by atoms with Gasteiger partial charge in [-0.3, -0.25) is 4.99 Å². The zero-order valence-corrected chi connectivity index (χ0v) is 19.2. The van der Waals surface area contributed by atoms with E-state index < -0.39 is 0 Å². The maximum Gasteiger partial charge on any atom is 0.191 e. The molecule has 32 heavy (non-hydrogen) atoms. The Labute approximate surface area is 190 Å². The molecular formula is C25H34FN3O3. The highest BCUT2D eigenvalue weighted by Crippen LogP contribution is 2.35. The highest BCUT2D eigenvalue weighted by Gasteiger charge is 2.34. The number of nitrogens with one attached hydrogen (secondary N) is 2. The van der Waals surface area contributed by atoms with Gasteiger partial charge in [0.2, 0.25) is 0 Å². The summed E-state index contributed by atoms with van der Waals surface area (Å²) in [6.45, 7) is 7.33. The van der Waals surface area contributed by atoms with Crippen LogP contribution in [0.5, 0.6) is 11.5 Å². The minimum absolute atomic E-state index is 0.0932. The van der Waals surface area contributed by atoms with Crippen LogP contribution in [0.25, 0.3) is 0 Å². The molecule has 1 saturated heterocycles. The van der Waals surface area contributed by atoms with E-state index >= 15 is 0 Å². The molecule has 0 radical (unpaired) electrons. The number of guanidine groups is 1. The van der Waals surface area contributed by atoms with Crippen LogP contribution in [0.4, 0.5) is 4.39 Å². The fourth-order valence-electron chi connectivity index (χ4n) is 3.89. The maximum atomic E-state index is 13.5. The van der Waals surface area contributed by atoms with Crippen LogP contribution >= 0.6 is 0 Å². The van der Waals surface area contributed by atoms with Gasteiger partial charge in [0.25, 0.3) is 0 Å². The average molecular weight is 444 g/mol. The summed E-state index contributed by atoms with van der Waals surface area (Å²) in [6.07, 6.45) is 1.62. The van der Waals surface area contributed by atoms with Crippen LogP contribution in [0.1, 0.15) is 32.3 Å². The van der Waals surface area contributed by atoms with E-state index in [2.05, 4.69) is 10.6 Å². The lowest BCUT2D eigenvalue weighted by Gasteiger charge is -2.36. The molecule has 0 bridgehead atoms. The van der Waals surface area contributed by atoms with Gasteiger partial charge in [0.05, 0.1) is 20.2 Å². The molecule has 1 unspecified atom stereocenters. The van der Waals surface area contributed by atoms with Gasteiger partial charge >= 0.3 is 0 Å². The number of methoxy groups -OCH3 is 1. The molecule has 1 heterocycles. The van der Waals surface area contributed by atoms with Crippen molar-refractivity contribution in [2.24, 2.45) is 4.99 Å². The number of benzene rings is 2. The average Bonchev–Trinajstić information content (AvgIpc) is 2.82. The number of nitrogens with zero attached hydrogens (tertiary/aromatic N) is 1. The van der Waals surface area contributed by atoms with Crippen LogP contribution in [0.2, 0.25) is 0 Å². The van der Waals surface area contributed by atoms with Crippen LogP contribution < -0.4 is 20.1 Å². The Morgan fingerprint density at radius 2 is 1.78 bits per heavy atom. The molecule has 3 rings (SSSR count). The van der Waals surface area contributed by atoms with Crippen LogP contribution in [0, 0.1) is 5.82 Å². The highest BCUT2D eigenvalue weighted by atomic mass is 19.1. The predicted octanol–water partition coefficient (Wildman–Crippen LogP) is 3.91. The first-order valence-corrected chi connectivity index (χ1v) is 11.2. The normalized spacial score (nSPS) is 16.8. The second kappa shape index (κ2) is 11.7. The standard InChI is InChI=1S/C25H34FN3O3/c1-4-27-24(28-17-19(2)32-23-8-6-5-7-22(23)30-3)29-18-25(13-15-31-16-14-25)20-9-11-21(26)12-10-20/h5-12,19H,4,13-18H2,1-3H3,(H2,27,28,29). The van der Waals surface area contributed by atoms with Crippen LogP contribution in [-0.2, 0) is 10.2 Å². The number of ether oxygens (including phenoxy) is 3. The first kappa shape index (κ1) is 23.9. The fourth-order valence-corrected chi connectivity index (χ4v) is 3.89.